The van der Waals surface area contributed by atoms with Gasteiger partial charge in [0.2, 0.25) is 5.95 Å². The number of fused-ring (bicyclic) bond motifs is 1. The summed E-state index contributed by atoms with van der Waals surface area (Å²) in [5.41, 5.74) is 7.06. The largest absolute Gasteiger partial charge is 0.497 e. The molecule has 5 nitrogen and oxygen atoms in total. The monoisotopic (exact) mass is 178 g/mol. The van der Waals surface area contributed by atoms with Crippen molar-refractivity contribution in [3.8, 4) is 5.75 Å². The molecule has 5 heteroatoms. The van der Waals surface area contributed by atoms with Gasteiger partial charge in [-0.15, -0.1) is 0 Å². The van der Waals surface area contributed by atoms with E-state index in [4.69, 9.17) is 16.3 Å². The first-order valence-corrected chi connectivity index (χ1v) is 3.79. The van der Waals surface area contributed by atoms with E-state index >= 15 is 0 Å². The number of nitrogens with two attached hydrogens (primary N) is 2. The molecule has 0 saturated heterocycles. The van der Waals surface area contributed by atoms with Crippen molar-refractivity contribution in [2.45, 2.75) is 0 Å². The summed E-state index contributed by atoms with van der Waals surface area (Å²) >= 11 is 0. The highest BCUT2D eigenvalue weighted by atomic mass is 16.5. The van der Waals surface area contributed by atoms with Crippen LogP contribution < -0.4 is 16.3 Å². The second-order valence-corrected chi connectivity index (χ2v) is 2.69. The van der Waals surface area contributed by atoms with E-state index in [9.17, 15) is 0 Å². The predicted molar refractivity (Wildman–Crippen MR) is 50.8 cm³/mol. The average molecular weight is 178 g/mol. The van der Waals surface area contributed by atoms with Gasteiger partial charge in [-0.2, -0.15) is 0 Å². The van der Waals surface area contributed by atoms with Crippen LogP contribution in [0, 0.1) is 0 Å². The van der Waals surface area contributed by atoms with Crippen molar-refractivity contribution in [1.29, 1.82) is 0 Å². The molecule has 2 aromatic rings. The van der Waals surface area contributed by atoms with Crippen molar-refractivity contribution in [3.05, 3.63) is 18.2 Å². The Kier molecular flexibility index (Phi) is 1.51. The molecule has 4 N–H and O–H groups in total. The normalized spacial score (nSPS) is 10.5. The first kappa shape index (κ1) is 7.72. The Morgan fingerprint density at radius 3 is 2.92 bits per heavy atom. The molecule has 68 valence electrons. The minimum absolute atomic E-state index is 0.295. The summed E-state index contributed by atoms with van der Waals surface area (Å²) < 4.78 is 6.38. The maximum atomic E-state index is 5.62. The Balaban J connectivity index is 2.73. The van der Waals surface area contributed by atoms with Crippen molar-refractivity contribution in [3.63, 3.8) is 0 Å². The Morgan fingerprint density at radius 2 is 2.23 bits per heavy atom. The molecule has 0 amide bonds. The van der Waals surface area contributed by atoms with Crippen molar-refractivity contribution >= 4 is 17.0 Å². The molecule has 0 bridgehead atoms. The molecular formula is C8H10N4O. The predicted octanol–water partition coefficient (Wildman–Crippen LogP) is 0.341. The van der Waals surface area contributed by atoms with Gasteiger partial charge in [0.15, 0.2) is 0 Å². The maximum Gasteiger partial charge on any atom is 0.220 e. The smallest absolute Gasteiger partial charge is 0.220 e. The van der Waals surface area contributed by atoms with Gasteiger partial charge in [0, 0.05) is 6.07 Å². The number of nitrogens with zero attached hydrogens (tertiary/aromatic N) is 2. The maximum absolute atomic E-state index is 5.62. The zero-order valence-corrected chi connectivity index (χ0v) is 7.19. The van der Waals surface area contributed by atoms with Crippen LogP contribution in [0.2, 0.25) is 0 Å². The Morgan fingerprint density at radius 1 is 1.46 bits per heavy atom. The summed E-state index contributed by atoms with van der Waals surface area (Å²) in [6.07, 6.45) is 0. The summed E-state index contributed by atoms with van der Waals surface area (Å²) in [7, 11) is 1.60. The Bertz CT molecular complexity index is 449. The summed E-state index contributed by atoms with van der Waals surface area (Å²) in [4.78, 5) is 4.06. The highest BCUT2D eigenvalue weighted by Crippen LogP contribution is 2.20. The molecule has 0 aliphatic carbocycles. The minimum Gasteiger partial charge on any atom is -0.497 e. The molecule has 0 aliphatic rings. The van der Waals surface area contributed by atoms with E-state index < -0.39 is 0 Å². The third kappa shape index (κ3) is 1.05. The summed E-state index contributed by atoms with van der Waals surface area (Å²) in [6.45, 7) is 0. The molecule has 0 spiro atoms. The molecule has 1 heterocycles. The molecule has 1 aromatic carbocycles. The number of nitrogen functional groups attached to an aromatic ring is 2. The fourth-order valence-electron chi connectivity index (χ4n) is 1.22. The highest BCUT2D eigenvalue weighted by molar-refractivity contribution is 5.79. The van der Waals surface area contributed by atoms with Crippen LogP contribution in [0.1, 0.15) is 0 Å². The number of methoxy groups -OCH3 is 1. The Labute approximate surface area is 74.9 Å². The van der Waals surface area contributed by atoms with E-state index in [-0.39, 0.29) is 0 Å². The van der Waals surface area contributed by atoms with E-state index in [1.54, 1.807) is 13.2 Å². The second-order valence-electron chi connectivity index (χ2n) is 2.69. The van der Waals surface area contributed by atoms with Gasteiger partial charge in [-0.05, 0) is 12.1 Å². The first-order chi connectivity index (χ1) is 6.22. The lowest BCUT2D eigenvalue weighted by molar-refractivity contribution is 0.415. The van der Waals surface area contributed by atoms with Crippen LogP contribution in [-0.4, -0.2) is 16.8 Å². The number of imidazole rings is 1. The molecule has 0 atom stereocenters. The zero-order valence-electron chi connectivity index (χ0n) is 7.19. The van der Waals surface area contributed by atoms with Crippen LogP contribution in [0.25, 0.3) is 11.0 Å². The van der Waals surface area contributed by atoms with E-state index in [0.717, 1.165) is 16.8 Å². The van der Waals surface area contributed by atoms with Gasteiger partial charge in [0.25, 0.3) is 0 Å². The number of aromatic nitrogens is 2. The lowest BCUT2D eigenvalue weighted by atomic mass is 10.3. The number of hydrogen-bond donors (Lipinski definition) is 2. The third-order valence-electron chi connectivity index (χ3n) is 1.92. The molecule has 13 heavy (non-hydrogen) atoms. The van der Waals surface area contributed by atoms with Gasteiger partial charge in [-0.3, -0.25) is 0 Å². The van der Waals surface area contributed by atoms with Crippen LogP contribution in [-0.2, 0) is 0 Å². The van der Waals surface area contributed by atoms with E-state index in [1.807, 2.05) is 12.1 Å². The SMILES string of the molecule is COc1ccc2c(c1)nc(N)n2N. The van der Waals surface area contributed by atoms with Crippen LogP contribution in [0.4, 0.5) is 5.95 Å². The standard InChI is InChI=1S/C8H10N4O/c1-13-5-2-3-7-6(4-5)11-8(9)12(7)10/h2-4H,10H2,1H3,(H2,9,11). The second kappa shape index (κ2) is 2.55. The first-order valence-electron chi connectivity index (χ1n) is 3.79. The van der Waals surface area contributed by atoms with Crippen molar-refractivity contribution in [2.24, 2.45) is 0 Å². The number of hydrogen-bond acceptors (Lipinski definition) is 4. The average Bonchev–Trinajstić information content (AvgIpc) is 2.42. The molecule has 0 radical (unpaired) electrons. The van der Waals surface area contributed by atoms with Crippen LogP contribution >= 0.6 is 0 Å². The number of anilines is 1. The topological polar surface area (TPSA) is 79.1 Å². The molecule has 0 unspecified atom stereocenters. The fourth-order valence-corrected chi connectivity index (χ4v) is 1.22. The van der Waals surface area contributed by atoms with Gasteiger partial charge in [-0.25, -0.2) is 9.66 Å². The van der Waals surface area contributed by atoms with Gasteiger partial charge in [0.1, 0.15) is 5.75 Å². The molecule has 0 aliphatic heterocycles. The molecule has 0 saturated carbocycles. The number of benzene rings is 1. The van der Waals surface area contributed by atoms with Crippen LogP contribution in [0.3, 0.4) is 0 Å². The number of rotatable bonds is 1. The van der Waals surface area contributed by atoms with Crippen molar-refractivity contribution in [1.82, 2.24) is 9.66 Å². The fraction of sp³-hybridized carbons (Fsp3) is 0.125. The lowest BCUT2D eigenvalue weighted by Gasteiger charge is -1.98. The lowest BCUT2D eigenvalue weighted by Crippen LogP contribution is -2.11. The summed E-state index contributed by atoms with van der Waals surface area (Å²) in [5, 5.41) is 0. The van der Waals surface area contributed by atoms with Crippen molar-refractivity contribution < 1.29 is 4.74 Å². The quantitative estimate of drug-likeness (QED) is 0.617. The van der Waals surface area contributed by atoms with E-state index in [2.05, 4.69) is 4.98 Å². The summed E-state index contributed by atoms with van der Waals surface area (Å²) in [6, 6.07) is 5.42. The highest BCUT2D eigenvalue weighted by Gasteiger charge is 2.05. The Hall–Kier alpha value is -1.91. The minimum atomic E-state index is 0.295. The zero-order chi connectivity index (χ0) is 9.42. The molecule has 2 rings (SSSR count). The van der Waals surface area contributed by atoms with Gasteiger partial charge in [-0.1, -0.05) is 0 Å². The van der Waals surface area contributed by atoms with Crippen LogP contribution in [0.5, 0.6) is 5.75 Å². The number of ether oxygens (including phenoxy) is 1. The third-order valence-corrected chi connectivity index (χ3v) is 1.92. The van der Waals surface area contributed by atoms with Crippen LogP contribution in [0.15, 0.2) is 18.2 Å². The molecule has 0 fully saturated rings. The van der Waals surface area contributed by atoms with Gasteiger partial charge in [0.05, 0.1) is 18.1 Å². The molecular weight excluding hydrogens is 168 g/mol. The van der Waals surface area contributed by atoms with Crippen molar-refractivity contribution in [2.75, 3.05) is 18.7 Å². The van der Waals surface area contributed by atoms with Gasteiger partial charge < -0.3 is 16.3 Å². The molecule has 1 aromatic heterocycles. The van der Waals surface area contributed by atoms with E-state index in [0.29, 0.717) is 5.95 Å². The summed E-state index contributed by atoms with van der Waals surface area (Å²) in [5.74, 6) is 6.65. The van der Waals surface area contributed by atoms with Gasteiger partial charge >= 0.3 is 0 Å². The van der Waals surface area contributed by atoms with E-state index in [1.165, 1.54) is 4.68 Å².